The first kappa shape index (κ1) is 27.2. The summed E-state index contributed by atoms with van der Waals surface area (Å²) in [5.41, 5.74) is 3.09. The molecule has 0 unspecified atom stereocenters. The van der Waals surface area contributed by atoms with Crippen molar-refractivity contribution in [2.24, 2.45) is 7.05 Å². The van der Waals surface area contributed by atoms with Crippen LogP contribution in [0, 0.1) is 0 Å². The first-order valence-electron chi connectivity index (χ1n) is 10.6. The first-order valence-corrected chi connectivity index (χ1v) is 10.6. The van der Waals surface area contributed by atoms with Crippen LogP contribution in [0.4, 0.5) is 23.8 Å². The van der Waals surface area contributed by atoms with Gasteiger partial charge in [0.15, 0.2) is 5.82 Å². The lowest BCUT2D eigenvalue weighted by Crippen LogP contribution is -2.43. The van der Waals surface area contributed by atoms with Crippen LogP contribution in [0.2, 0.25) is 0 Å². The summed E-state index contributed by atoms with van der Waals surface area (Å²) in [6.07, 6.45) is -1.39. The zero-order chi connectivity index (χ0) is 25.6. The highest BCUT2D eigenvalue weighted by atomic mass is 19.4. The SMILES string of the molecule is COCCN(C)c1nc(C2CCN(C(=O)N(C)C)CC2)cc2c1ncn2C.O=C(O)C(F)(F)F. The predicted octanol–water partition coefficient (Wildman–Crippen LogP) is 2.55. The van der Waals surface area contributed by atoms with Gasteiger partial charge in [0.25, 0.3) is 0 Å². The molecule has 1 saturated heterocycles. The minimum Gasteiger partial charge on any atom is -0.475 e. The zero-order valence-electron chi connectivity index (χ0n) is 20.0. The van der Waals surface area contributed by atoms with Crippen molar-refractivity contribution in [2.45, 2.75) is 24.9 Å². The van der Waals surface area contributed by atoms with Crippen molar-refractivity contribution < 1.29 is 32.6 Å². The molecule has 13 heteroatoms. The van der Waals surface area contributed by atoms with E-state index in [-0.39, 0.29) is 6.03 Å². The van der Waals surface area contributed by atoms with Crippen LogP contribution in [-0.2, 0) is 16.6 Å². The molecule has 3 heterocycles. The number of carboxylic acid groups (broad SMARTS) is 1. The molecule has 10 nitrogen and oxygen atoms in total. The van der Waals surface area contributed by atoms with Crippen molar-refractivity contribution in [3.05, 3.63) is 18.1 Å². The molecule has 0 saturated carbocycles. The number of likely N-dealkylation sites (N-methyl/N-ethyl adjacent to an activating group) is 1. The number of methoxy groups -OCH3 is 1. The summed E-state index contributed by atoms with van der Waals surface area (Å²) in [7, 11) is 9.34. The second-order valence-electron chi connectivity index (χ2n) is 8.25. The minimum atomic E-state index is -5.08. The monoisotopic (exact) mass is 488 g/mol. The maximum absolute atomic E-state index is 12.2. The number of carboxylic acids is 1. The number of imidazole rings is 1. The Morgan fingerprint density at radius 1 is 1.24 bits per heavy atom. The van der Waals surface area contributed by atoms with E-state index in [0.717, 1.165) is 55.0 Å². The molecule has 2 aromatic rings. The van der Waals surface area contributed by atoms with Crippen LogP contribution >= 0.6 is 0 Å². The molecule has 0 radical (unpaired) electrons. The number of aryl methyl sites for hydroxylation is 1. The number of anilines is 1. The van der Waals surface area contributed by atoms with Gasteiger partial charge in [-0.2, -0.15) is 13.2 Å². The highest BCUT2D eigenvalue weighted by Gasteiger charge is 2.38. The Labute approximate surface area is 195 Å². The summed E-state index contributed by atoms with van der Waals surface area (Å²) >= 11 is 0. The molecular formula is C21H31F3N6O4. The van der Waals surface area contributed by atoms with Crippen molar-refractivity contribution in [2.75, 3.05) is 59.4 Å². The Kier molecular flexibility index (Phi) is 9.07. The third-order valence-electron chi connectivity index (χ3n) is 5.52. The number of aromatic nitrogens is 3. The number of pyridine rings is 1. The lowest BCUT2D eigenvalue weighted by Gasteiger charge is -2.33. The fourth-order valence-corrected chi connectivity index (χ4v) is 3.59. The van der Waals surface area contributed by atoms with E-state index in [1.54, 1.807) is 26.1 Å². The quantitative estimate of drug-likeness (QED) is 0.690. The molecule has 1 aliphatic rings. The van der Waals surface area contributed by atoms with Gasteiger partial charge in [0.05, 0.1) is 18.5 Å². The predicted molar refractivity (Wildman–Crippen MR) is 120 cm³/mol. The van der Waals surface area contributed by atoms with E-state index in [4.69, 9.17) is 19.6 Å². The third-order valence-corrected chi connectivity index (χ3v) is 5.52. The zero-order valence-corrected chi connectivity index (χ0v) is 20.0. The number of nitrogens with zero attached hydrogens (tertiary/aromatic N) is 6. The summed E-state index contributed by atoms with van der Waals surface area (Å²) in [6.45, 7) is 2.93. The summed E-state index contributed by atoms with van der Waals surface area (Å²) in [5, 5.41) is 7.12. The summed E-state index contributed by atoms with van der Waals surface area (Å²) in [4.78, 5) is 36.3. The van der Waals surface area contributed by atoms with Gasteiger partial charge >= 0.3 is 18.2 Å². The Morgan fingerprint density at radius 2 is 1.82 bits per heavy atom. The number of alkyl halides is 3. The summed E-state index contributed by atoms with van der Waals surface area (Å²) in [5.74, 6) is -1.51. The standard InChI is InChI=1S/C19H30N6O2.C2HF3O2/c1-22(2)19(26)25-8-6-14(7-9-25)15-12-16-17(20-13-24(16)4)18(21-15)23(3)10-11-27-5;3-2(4,5)1(6)7/h12-14H,6-11H2,1-5H3;(H,6,7). The number of carbonyl (C=O) groups excluding carboxylic acids is 1. The molecule has 1 fully saturated rings. The van der Waals surface area contributed by atoms with Crippen LogP contribution in [0.1, 0.15) is 24.5 Å². The van der Waals surface area contributed by atoms with E-state index in [1.165, 1.54) is 0 Å². The van der Waals surface area contributed by atoms with E-state index in [0.29, 0.717) is 12.5 Å². The van der Waals surface area contributed by atoms with Gasteiger partial charge in [0, 0.05) is 66.5 Å². The van der Waals surface area contributed by atoms with Gasteiger partial charge in [-0.15, -0.1) is 0 Å². The highest BCUT2D eigenvalue weighted by Crippen LogP contribution is 2.32. The van der Waals surface area contributed by atoms with Gasteiger partial charge in [-0.3, -0.25) is 0 Å². The number of halogens is 3. The molecule has 0 aliphatic carbocycles. The second kappa shape index (κ2) is 11.4. The maximum atomic E-state index is 12.2. The number of hydrogen-bond acceptors (Lipinski definition) is 6. The summed E-state index contributed by atoms with van der Waals surface area (Å²) < 4.78 is 39.0. The Bertz CT molecular complexity index is 987. The fraction of sp³-hybridized carbons (Fsp3) is 0.619. The van der Waals surface area contributed by atoms with Crippen molar-refractivity contribution in [3.8, 4) is 0 Å². The average Bonchev–Trinajstić information content (AvgIpc) is 3.16. The van der Waals surface area contributed by atoms with E-state index in [1.807, 2.05) is 29.9 Å². The molecule has 0 aromatic carbocycles. The summed E-state index contributed by atoms with van der Waals surface area (Å²) in [6, 6.07) is 2.24. The molecule has 1 aliphatic heterocycles. The number of hydrogen-bond donors (Lipinski definition) is 1. The molecule has 0 spiro atoms. The van der Waals surface area contributed by atoms with Crippen molar-refractivity contribution in [3.63, 3.8) is 0 Å². The van der Waals surface area contributed by atoms with Gasteiger partial charge in [0.2, 0.25) is 0 Å². The molecular weight excluding hydrogens is 457 g/mol. The Morgan fingerprint density at radius 3 is 2.32 bits per heavy atom. The lowest BCUT2D eigenvalue weighted by atomic mass is 9.93. The van der Waals surface area contributed by atoms with Crippen molar-refractivity contribution in [1.29, 1.82) is 0 Å². The molecule has 0 bridgehead atoms. The fourth-order valence-electron chi connectivity index (χ4n) is 3.59. The topological polar surface area (TPSA) is 104 Å². The van der Waals surface area contributed by atoms with Crippen LogP contribution in [0.5, 0.6) is 0 Å². The largest absolute Gasteiger partial charge is 0.490 e. The van der Waals surface area contributed by atoms with Crippen LogP contribution in [0.3, 0.4) is 0 Å². The number of ether oxygens (including phenoxy) is 1. The minimum absolute atomic E-state index is 0.0866. The molecule has 3 rings (SSSR count). The van der Waals surface area contributed by atoms with Crippen LogP contribution in [0.15, 0.2) is 12.4 Å². The average molecular weight is 489 g/mol. The maximum Gasteiger partial charge on any atom is 0.490 e. The molecule has 1 N–H and O–H groups in total. The first-order chi connectivity index (χ1) is 15.9. The number of urea groups is 1. The van der Waals surface area contributed by atoms with E-state index in [9.17, 15) is 18.0 Å². The van der Waals surface area contributed by atoms with Crippen molar-refractivity contribution in [1.82, 2.24) is 24.3 Å². The van der Waals surface area contributed by atoms with Gasteiger partial charge < -0.3 is 29.1 Å². The number of amides is 2. The Balaban J connectivity index is 0.000000509. The highest BCUT2D eigenvalue weighted by molar-refractivity contribution is 5.87. The number of carbonyl (C=O) groups is 2. The van der Waals surface area contributed by atoms with Gasteiger partial charge in [-0.05, 0) is 18.9 Å². The smallest absolute Gasteiger partial charge is 0.475 e. The second-order valence-corrected chi connectivity index (χ2v) is 8.25. The van der Waals surface area contributed by atoms with Crippen LogP contribution in [0.25, 0.3) is 11.0 Å². The molecule has 2 aromatic heterocycles. The van der Waals surface area contributed by atoms with Crippen molar-refractivity contribution >= 4 is 28.9 Å². The van der Waals surface area contributed by atoms with E-state index >= 15 is 0 Å². The number of rotatable bonds is 5. The van der Waals surface area contributed by atoms with Crippen LogP contribution < -0.4 is 4.90 Å². The third kappa shape index (κ3) is 6.72. The van der Waals surface area contributed by atoms with Crippen LogP contribution in [-0.4, -0.2) is 102 Å². The number of likely N-dealkylation sites (tertiary alicyclic amines) is 1. The van der Waals surface area contributed by atoms with Gasteiger partial charge in [0.1, 0.15) is 5.52 Å². The van der Waals surface area contributed by atoms with E-state index < -0.39 is 12.1 Å². The molecule has 2 amide bonds. The van der Waals surface area contributed by atoms with Gasteiger partial charge in [-0.1, -0.05) is 0 Å². The number of fused-ring (bicyclic) bond motifs is 1. The number of piperidine rings is 1. The number of aliphatic carboxylic acids is 1. The van der Waals surface area contributed by atoms with E-state index in [2.05, 4.69) is 16.0 Å². The molecule has 34 heavy (non-hydrogen) atoms. The van der Waals surface area contributed by atoms with Gasteiger partial charge in [-0.25, -0.2) is 19.6 Å². The molecule has 190 valence electrons. The lowest BCUT2D eigenvalue weighted by molar-refractivity contribution is -0.192. The normalized spacial score (nSPS) is 14.5. The Hall–Kier alpha value is -3.09. The molecule has 0 atom stereocenters.